The molecule has 108 valence electrons. The van der Waals surface area contributed by atoms with E-state index in [-0.39, 0.29) is 12.4 Å². The minimum Gasteiger partial charge on any atom is -0.454 e. The Bertz CT molecular complexity index is 703. The van der Waals surface area contributed by atoms with Gasteiger partial charge in [-0.15, -0.1) is 0 Å². The number of nitrogens with zero attached hydrogens (tertiary/aromatic N) is 1. The standard InChI is InChI=1S/C14H14N4O3/c15-9-4-10(13(16)19)14(18-6-9)17-5-8-1-2-11-12(3-8)21-7-20-11/h1-4,6H,5,7,15H2,(H2,16,19)(H,17,18). The molecule has 0 saturated carbocycles. The second-order valence-corrected chi connectivity index (χ2v) is 4.57. The van der Waals surface area contributed by atoms with Gasteiger partial charge < -0.3 is 26.3 Å². The van der Waals surface area contributed by atoms with Crippen molar-refractivity contribution in [1.29, 1.82) is 0 Å². The maximum Gasteiger partial charge on any atom is 0.252 e. The smallest absolute Gasteiger partial charge is 0.252 e. The van der Waals surface area contributed by atoms with Crippen LogP contribution in [0.25, 0.3) is 0 Å². The van der Waals surface area contributed by atoms with Crippen molar-refractivity contribution in [1.82, 2.24) is 4.98 Å². The zero-order chi connectivity index (χ0) is 14.8. The lowest BCUT2D eigenvalue weighted by Gasteiger charge is -2.10. The summed E-state index contributed by atoms with van der Waals surface area (Å²) in [6.07, 6.45) is 1.47. The van der Waals surface area contributed by atoms with Gasteiger partial charge in [-0.25, -0.2) is 4.98 Å². The van der Waals surface area contributed by atoms with E-state index in [0.717, 1.165) is 11.3 Å². The Kier molecular flexibility index (Phi) is 3.23. The van der Waals surface area contributed by atoms with E-state index < -0.39 is 5.91 Å². The maximum atomic E-state index is 11.4. The van der Waals surface area contributed by atoms with E-state index in [1.165, 1.54) is 12.3 Å². The summed E-state index contributed by atoms with van der Waals surface area (Å²) < 4.78 is 10.6. The van der Waals surface area contributed by atoms with Crippen LogP contribution in [0.2, 0.25) is 0 Å². The minimum atomic E-state index is -0.581. The van der Waals surface area contributed by atoms with Crippen molar-refractivity contribution in [2.75, 3.05) is 17.8 Å². The first-order valence-corrected chi connectivity index (χ1v) is 6.31. The number of carbonyl (C=O) groups excluding carboxylic acids is 1. The Morgan fingerprint density at radius 2 is 2.10 bits per heavy atom. The van der Waals surface area contributed by atoms with Gasteiger partial charge in [0.25, 0.3) is 5.91 Å². The molecule has 0 bridgehead atoms. The Hall–Kier alpha value is -2.96. The van der Waals surface area contributed by atoms with Crippen molar-refractivity contribution >= 4 is 17.4 Å². The highest BCUT2D eigenvalue weighted by molar-refractivity contribution is 5.98. The second kappa shape index (κ2) is 5.20. The van der Waals surface area contributed by atoms with Gasteiger partial charge in [-0.3, -0.25) is 4.79 Å². The first-order chi connectivity index (χ1) is 10.1. The monoisotopic (exact) mass is 286 g/mol. The fourth-order valence-electron chi connectivity index (χ4n) is 2.05. The third-order valence-electron chi connectivity index (χ3n) is 3.07. The summed E-state index contributed by atoms with van der Waals surface area (Å²) in [6, 6.07) is 7.11. The van der Waals surface area contributed by atoms with E-state index in [4.69, 9.17) is 20.9 Å². The van der Waals surface area contributed by atoms with Gasteiger partial charge in [0.2, 0.25) is 6.79 Å². The Labute approximate surface area is 120 Å². The van der Waals surface area contributed by atoms with Gasteiger partial charge in [-0.05, 0) is 23.8 Å². The van der Waals surface area contributed by atoms with Crippen molar-refractivity contribution in [3.63, 3.8) is 0 Å². The number of hydrogen-bond donors (Lipinski definition) is 3. The summed E-state index contributed by atoms with van der Waals surface area (Å²) in [7, 11) is 0. The summed E-state index contributed by atoms with van der Waals surface area (Å²) in [5.74, 6) is 1.24. The quantitative estimate of drug-likeness (QED) is 0.776. The van der Waals surface area contributed by atoms with Crippen molar-refractivity contribution in [3.8, 4) is 11.5 Å². The average Bonchev–Trinajstić information content (AvgIpc) is 2.93. The summed E-state index contributed by atoms with van der Waals surface area (Å²) in [5, 5.41) is 3.07. The highest BCUT2D eigenvalue weighted by Gasteiger charge is 2.14. The SMILES string of the molecule is NC(=O)c1cc(N)cnc1NCc1ccc2c(c1)OCO2. The van der Waals surface area contributed by atoms with Crippen LogP contribution in [0.15, 0.2) is 30.5 Å². The maximum absolute atomic E-state index is 11.4. The highest BCUT2D eigenvalue weighted by atomic mass is 16.7. The Morgan fingerprint density at radius 3 is 2.90 bits per heavy atom. The molecule has 0 unspecified atom stereocenters. The van der Waals surface area contributed by atoms with E-state index in [0.29, 0.717) is 23.8 Å². The molecule has 3 rings (SSSR count). The lowest BCUT2D eigenvalue weighted by molar-refractivity contribution is 0.100. The van der Waals surface area contributed by atoms with Crippen LogP contribution in [0, 0.1) is 0 Å². The Morgan fingerprint density at radius 1 is 1.29 bits per heavy atom. The van der Waals surface area contributed by atoms with Crippen LogP contribution in [0.1, 0.15) is 15.9 Å². The van der Waals surface area contributed by atoms with Crippen LogP contribution < -0.4 is 26.3 Å². The third-order valence-corrected chi connectivity index (χ3v) is 3.07. The number of nitrogens with two attached hydrogens (primary N) is 2. The number of rotatable bonds is 4. The van der Waals surface area contributed by atoms with Crippen LogP contribution in [0.4, 0.5) is 11.5 Å². The second-order valence-electron chi connectivity index (χ2n) is 4.57. The zero-order valence-corrected chi connectivity index (χ0v) is 11.1. The molecule has 0 spiro atoms. The first kappa shape index (κ1) is 13.0. The predicted octanol–water partition coefficient (Wildman–Crippen LogP) is 1.10. The van der Waals surface area contributed by atoms with Crippen LogP contribution in [0.3, 0.4) is 0 Å². The molecular weight excluding hydrogens is 272 g/mol. The molecule has 7 nitrogen and oxygen atoms in total. The van der Waals surface area contributed by atoms with E-state index in [1.807, 2.05) is 18.2 Å². The third kappa shape index (κ3) is 2.66. The molecule has 1 aliphatic rings. The highest BCUT2D eigenvalue weighted by Crippen LogP contribution is 2.32. The molecule has 1 aromatic heterocycles. The number of pyridine rings is 1. The molecule has 21 heavy (non-hydrogen) atoms. The first-order valence-electron chi connectivity index (χ1n) is 6.31. The largest absolute Gasteiger partial charge is 0.454 e. The number of nitrogen functional groups attached to an aromatic ring is 1. The van der Waals surface area contributed by atoms with Gasteiger partial charge in [0.05, 0.1) is 17.4 Å². The predicted molar refractivity (Wildman–Crippen MR) is 77.1 cm³/mol. The van der Waals surface area contributed by atoms with Gasteiger partial charge >= 0.3 is 0 Å². The number of ether oxygens (including phenoxy) is 2. The van der Waals surface area contributed by atoms with E-state index in [2.05, 4.69) is 10.3 Å². The summed E-state index contributed by atoms with van der Waals surface area (Å²) >= 11 is 0. The lowest BCUT2D eigenvalue weighted by Crippen LogP contribution is -2.16. The molecule has 1 aliphatic heterocycles. The Balaban J connectivity index is 1.77. The number of aromatic nitrogens is 1. The molecule has 0 fully saturated rings. The van der Waals surface area contributed by atoms with Crippen molar-refractivity contribution in [3.05, 3.63) is 41.6 Å². The molecule has 0 saturated heterocycles. The molecule has 1 amide bonds. The van der Waals surface area contributed by atoms with E-state index >= 15 is 0 Å². The zero-order valence-electron chi connectivity index (χ0n) is 11.1. The molecule has 0 aliphatic carbocycles. The number of nitrogens with one attached hydrogen (secondary N) is 1. The fourth-order valence-corrected chi connectivity index (χ4v) is 2.05. The molecular formula is C14H14N4O3. The van der Waals surface area contributed by atoms with Gasteiger partial charge in [0, 0.05) is 6.54 Å². The molecule has 2 heterocycles. The molecule has 5 N–H and O–H groups in total. The fraction of sp³-hybridized carbons (Fsp3) is 0.143. The molecule has 2 aromatic rings. The molecule has 1 aromatic carbocycles. The molecule has 0 atom stereocenters. The number of benzene rings is 1. The summed E-state index contributed by atoms with van der Waals surface area (Å²) in [6.45, 7) is 0.700. The minimum absolute atomic E-state index is 0.234. The van der Waals surface area contributed by atoms with Gasteiger partial charge in [-0.1, -0.05) is 6.07 Å². The van der Waals surface area contributed by atoms with Crippen LogP contribution in [-0.2, 0) is 6.54 Å². The number of fused-ring (bicyclic) bond motifs is 1. The number of carbonyl (C=O) groups is 1. The number of anilines is 2. The molecule has 0 radical (unpaired) electrons. The van der Waals surface area contributed by atoms with Gasteiger partial charge in [0.1, 0.15) is 5.82 Å². The van der Waals surface area contributed by atoms with Crippen LogP contribution in [0.5, 0.6) is 11.5 Å². The normalized spacial score (nSPS) is 12.2. The number of primary amides is 1. The van der Waals surface area contributed by atoms with Crippen LogP contribution >= 0.6 is 0 Å². The summed E-state index contributed by atoms with van der Waals surface area (Å²) in [5.41, 5.74) is 12.5. The molecule has 7 heteroatoms. The van der Waals surface area contributed by atoms with Crippen molar-refractivity contribution in [2.45, 2.75) is 6.54 Å². The van der Waals surface area contributed by atoms with Crippen LogP contribution in [-0.4, -0.2) is 17.7 Å². The van der Waals surface area contributed by atoms with Gasteiger partial charge in [0.15, 0.2) is 11.5 Å². The average molecular weight is 286 g/mol. The van der Waals surface area contributed by atoms with Crippen molar-refractivity contribution in [2.24, 2.45) is 5.73 Å². The van der Waals surface area contributed by atoms with Gasteiger partial charge in [-0.2, -0.15) is 0 Å². The van der Waals surface area contributed by atoms with E-state index in [1.54, 1.807) is 0 Å². The summed E-state index contributed by atoms with van der Waals surface area (Å²) in [4.78, 5) is 15.5. The van der Waals surface area contributed by atoms with Crippen molar-refractivity contribution < 1.29 is 14.3 Å². The topological polar surface area (TPSA) is 112 Å². The lowest BCUT2D eigenvalue weighted by atomic mass is 10.2. The number of amides is 1. The number of hydrogen-bond acceptors (Lipinski definition) is 6. The van der Waals surface area contributed by atoms with E-state index in [9.17, 15) is 4.79 Å².